The molecule has 0 aromatic heterocycles. The van der Waals surface area contributed by atoms with Gasteiger partial charge in [-0.2, -0.15) is 0 Å². The van der Waals surface area contributed by atoms with Gasteiger partial charge in [-0.1, -0.05) is 13.8 Å². The fourth-order valence-corrected chi connectivity index (χ4v) is 3.22. The van der Waals surface area contributed by atoms with Gasteiger partial charge in [0.25, 0.3) is 5.91 Å². The standard InChI is InChI=1S/C15H26N4O3/c1-4-15(5-2)13(21)19(14(22)17-15)10-12(20)18-8-6-7-11(9-18)16-3/h11,16H,4-10H2,1-3H3,(H,17,22). The maximum atomic E-state index is 12.5. The zero-order valence-electron chi connectivity index (χ0n) is 13.6. The van der Waals surface area contributed by atoms with Crippen molar-refractivity contribution in [3.63, 3.8) is 0 Å². The van der Waals surface area contributed by atoms with Crippen molar-refractivity contribution in [1.82, 2.24) is 20.4 Å². The van der Waals surface area contributed by atoms with Crippen molar-refractivity contribution in [2.24, 2.45) is 0 Å². The number of imide groups is 1. The maximum absolute atomic E-state index is 12.5. The van der Waals surface area contributed by atoms with E-state index in [1.54, 1.807) is 4.90 Å². The third kappa shape index (κ3) is 2.95. The number of piperidine rings is 1. The van der Waals surface area contributed by atoms with Crippen LogP contribution in [0.15, 0.2) is 0 Å². The van der Waals surface area contributed by atoms with Crippen LogP contribution in [0, 0.1) is 0 Å². The SMILES string of the molecule is CCC1(CC)NC(=O)N(CC(=O)N2CCCC(NC)C2)C1=O. The molecule has 7 heteroatoms. The normalized spacial score (nSPS) is 24.6. The Morgan fingerprint density at radius 1 is 1.36 bits per heavy atom. The first-order valence-corrected chi connectivity index (χ1v) is 8.06. The topological polar surface area (TPSA) is 81.8 Å². The zero-order valence-corrected chi connectivity index (χ0v) is 13.6. The molecule has 22 heavy (non-hydrogen) atoms. The summed E-state index contributed by atoms with van der Waals surface area (Å²) in [6.07, 6.45) is 3.04. The van der Waals surface area contributed by atoms with Crippen LogP contribution in [0.2, 0.25) is 0 Å². The average Bonchev–Trinajstić information content (AvgIpc) is 2.79. The molecule has 7 nitrogen and oxygen atoms in total. The van der Waals surface area contributed by atoms with Gasteiger partial charge >= 0.3 is 6.03 Å². The van der Waals surface area contributed by atoms with E-state index in [0.717, 1.165) is 17.7 Å². The first kappa shape index (κ1) is 16.7. The second-order valence-electron chi connectivity index (χ2n) is 6.08. The first-order valence-electron chi connectivity index (χ1n) is 8.06. The monoisotopic (exact) mass is 310 g/mol. The summed E-state index contributed by atoms with van der Waals surface area (Å²) in [5, 5.41) is 5.93. The van der Waals surface area contributed by atoms with Gasteiger partial charge < -0.3 is 15.5 Å². The summed E-state index contributed by atoms with van der Waals surface area (Å²) in [5.41, 5.74) is -0.841. The minimum Gasteiger partial charge on any atom is -0.340 e. The number of nitrogens with zero attached hydrogens (tertiary/aromatic N) is 2. The van der Waals surface area contributed by atoms with E-state index < -0.39 is 11.6 Å². The molecule has 0 aromatic rings. The molecule has 4 amide bonds. The molecule has 0 aliphatic carbocycles. The number of urea groups is 1. The van der Waals surface area contributed by atoms with Crippen molar-refractivity contribution < 1.29 is 14.4 Å². The Bertz CT molecular complexity index is 462. The molecule has 2 aliphatic heterocycles. The highest BCUT2D eigenvalue weighted by Gasteiger charge is 2.49. The Morgan fingerprint density at radius 2 is 2.05 bits per heavy atom. The molecule has 0 radical (unpaired) electrons. The highest BCUT2D eigenvalue weighted by atomic mass is 16.2. The van der Waals surface area contributed by atoms with Crippen molar-refractivity contribution in [3.05, 3.63) is 0 Å². The van der Waals surface area contributed by atoms with Crippen molar-refractivity contribution in [3.8, 4) is 0 Å². The quantitative estimate of drug-likeness (QED) is 0.716. The lowest BCUT2D eigenvalue weighted by molar-refractivity contribution is -0.139. The molecule has 1 unspecified atom stereocenters. The molecule has 2 rings (SSSR count). The van der Waals surface area contributed by atoms with Gasteiger partial charge in [0.15, 0.2) is 0 Å². The van der Waals surface area contributed by atoms with Crippen molar-refractivity contribution in [1.29, 1.82) is 0 Å². The van der Waals surface area contributed by atoms with Crippen LogP contribution < -0.4 is 10.6 Å². The number of rotatable bonds is 5. The van der Waals surface area contributed by atoms with Crippen LogP contribution in [0.1, 0.15) is 39.5 Å². The number of carbonyl (C=O) groups excluding carboxylic acids is 3. The number of nitrogens with one attached hydrogen (secondary N) is 2. The zero-order chi connectivity index (χ0) is 16.3. The number of hydrogen-bond donors (Lipinski definition) is 2. The Morgan fingerprint density at radius 3 is 2.59 bits per heavy atom. The lowest BCUT2D eigenvalue weighted by Crippen LogP contribution is -2.51. The van der Waals surface area contributed by atoms with E-state index in [0.29, 0.717) is 25.9 Å². The maximum Gasteiger partial charge on any atom is 0.325 e. The van der Waals surface area contributed by atoms with Crippen LogP contribution >= 0.6 is 0 Å². The van der Waals surface area contributed by atoms with Crippen LogP contribution in [0.25, 0.3) is 0 Å². The van der Waals surface area contributed by atoms with E-state index in [2.05, 4.69) is 10.6 Å². The van der Waals surface area contributed by atoms with Crippen molar-refractivity contribution >= 4 is 17.8 Å². The van der Waals surface area contributed by atoms with Crippen LogP contribution in [-0.2, 0) is 9.59 Å². The third-order valence-corrected chi connectivity index (χ3v) is 4.93. The molecular formula is C15H26N4O3. The third-order valence-electron chi connectivity index (χ3n) is 4.93. The van der Waals surface area contributed by atoms with E-state index in [9.17, 15) is 14.4 Å². The van der Waals surface area contributed by atoms with Crippen LogP contribution in [0.3, 0.4) is 0 Å². The minimum absolute atomic E-state index is 0.161. The summed E-state index contributed by atoms with van der Waals surface area (Å²) in [6, 6.07) is -0.171. The van der Waals surface area contributed by atoms with Gasteiger partial charge in [0.05, 0.1) is 0 Å². The van der Waals surface area contributed by atoms with Gasteiger partial charge in [-0.25, -0.2) is 4.79 Å². The molecule has 2 saturated heterocycles. The summed E-state index contributed by atoms with van der Waals surface area (Å²) in [6.45, 7) is 4.90. The number of amides is 4. The van der Waals surface area contributed by atoms with Gasteiger partial charge in [-0.3, -0.25) is 14.5 Å². The van der Waals surface area contributed by atoms with E-state index in [1.807, 2.05) is 20.9 Å². The second-order valence-corrected chi connectivity index (χ2v) is 6.08. The molecule has 0 bridgehead atoms. The molecule has 2 heterocycles. The molecule has 124 valence electrons. The molecule has 0 saturated carbocycles. The van der Waals surface area contributed by atoms with E-state index in [1.165, 1.54) is 0 Å². The van der Waals surface area contributed by atoms with Crippen LogP contribution in [0.5, 0.6) is 0 Å². The highest BCUT2D eigenvalue weighted by molar-refractivity contribution is 6.08. The largest absolute Gasteiger partial charge is 0.340 e. The smallest absolute Gasteiger partial charge is 0.325 e. The summed E-state index contributed by atoms with van der Waals surface area (Å²) in [4.78, 5) is 39.8. The molecular weight excluding hydrogens is 284 g/mol. The van der Waals surface area contributed by atoms with E-state index in [-0.39, 0.29) is 24.4 Å². The van der Waals surface area contributed by atoms with E-state index >= 15 is 0 Å². The van der Waals surface area contributed by atoms with Gasteiger partial charge in [0, 0.05) is 19.1 Å². The minimum atomic E-state index is -0.841. The van der Waals surface area contributed by atoms with Crippen molar-refractivity contribution in [2.45, 2.75) is 51.1 Å². The Balaban J connectivity index is 2.02. The Labute approximate surface area is 131 Å². The Kier molecular flexibility index (Phi) is 5.05. The fraction of sp³-hybridized carbons (Fsp3) is 0.800. The molecule has 2 fully saturated rings. The van der Waals surface area contributed by atoms with Gasteiger partial charge in [-0.15, -0.1) is 0 Å². The summed E-state index contributed by atoms with van der Waals surface area (Å²) < 4.78 is 0. The molecule has 2 N–H and O–H groups in total. The van der Waals surface area contributed by atoms with Crippen LogP contribution in [0.4, 0.5) is 4.79 Å². The summed E-state index contributed by atoms with van der Waals surface area (Å²) >= 11 is 0. The number of likely N-dealkylation sites (N-methyl/N-ethyl adjacent to an activating group) is 1. The predicted molar refractivity (Wildman–Crippen MR) is 82.2 cm³/mol. The fourth-order valence-electron chi connectivity index (χ4n) is 3.22. The van der Waals surface area contributed by atoms with Gasteiger partial charge in [-0.05, 0) is 32.7 Å². The molecule has 0 aromatic carbocycles. The predicted octanol–water partition coefficient (Wildman–Crippen LogP) is 0.307. The molecule has 1 atom stereocenters. The number of likely N-dealkylation sites (tertiary alicyclic amines) is 1. The lowest BCUT2D eigenvalue weighted by Gasteiger charge is -2.33. The Hall–Kier alpha value is -1.63. The van der Waals surface area contributed by atoms with E-state index in [4.69, 9.17) is 0 Å². The average molecular weight is 310 g/mol. The van der Waals surface area contributed by atoms with Crippen molar-refractivity contribution in [2.75, 3.05) is 26.7 Å². The summed E-state index contributed by atoms with van der Waals surface area (Å²) in [7, 11) is 1.88. The first-order chi connectivity index (χ1) is 10.5. The summed E-state index contributed by atoms with van der Waals surface area (Å²) in [5.74, 6) is -0.440. The lowest BCUT2D eigenvalue weighted by atomic mass is 9.93. The van der Waals surface area contributed by atoms with Gasteiger partial charge in [0.2, 0.25) is 5.91 Å². The number of hydrogen-bond acceptors (Lipinski definition) is 4. The molecule has 2 aliphatic rings. The highest BCUT2D eigenvalue weighted by Crippen LogP contribution is 2.25. The number of carbonyl (C=O) groups is 3. The van der Waals surface area contributed by atoms with Crippen LogP contribution in [-0.4, -0.2) is 65.9 Å². The van der Waals surface area contributed by atoms with Gasteiger partial charge in [0.1, 0.15) is 12.1 Å². The second kappa shape index (κ2) is 6.64. The molecule has 0 spiro atoms.